The van der Waals surface area contributed by atoms with Crippen LogP contribution in [0.4, 0.5) is 5.69 Å². The number of carbonyl (C=O) groups excluding carboxylic acids is 1. The van der Waals surface area contributed by atoms with Crippen molar-refractivity contribution in [3.05, 3.63) is 64.7 Å². The Morgan fingerprint density at radius 2 is 2.15 bits per heavy atom. The van der Waals surface area contributed by atoms with E-state index in [0.717, 1.165) is 29.8 Å². The Bertz CT molecular complexity index is 649. The summed E-state index contributed by atoms with van der Waals surface area (Å²) in [6.45, 7) is 3.58. The molecule has 0 aliphatic carbocycles. The second-order valence-corrected chi connectivity index (χ2v) is 5.22. The Labute approximate surface area is 119 Å². The van der Waals surface area contributed by atoms with Gasteiger partial charge in [0.1, 0.15) is 0 Å². The van der Waals surface area contributed by atoms with Gasteiger partial charge in [0.25, 0.3) is 5.91 Å². The molecule has 1 heterocycles. The second kappa shape index (κ2) is 5.37. The minimum absolute atomic E-state index is 0.0128. The molecular weight excluding hydrogens is 248 g/mol. The van der Waals surface area contributed by atoms with E-state index in [1.54, 1.807) is 0 Å². The lowest BCUT2D eigenvalue weighted by atomic mass is 10.1. The molecule has 0 saturated carbocycles. The van der Waals surface area contributed by atoms with Gasteiger partial charge < -0.3 is 10.6 Å². The first-order valence-electron chi connectivity index (χ1n) is 6.93. The van der Waals surface area contributed by atoms with Crippen LogP contribution >= 0.6 is 0 Å². The van der Waals surface area contributed by atoms with E-state index in [-0.39, 0.29) is 5.91 Å². The van der Waals surface area contributed by atoms with E-state index in [1.165, 1.54) is 11.1 Å². The first-order valence-corrected chi connectivity index (χ1v) is 6.93. The van der Waals surface area contributed by atoms with Crippen LogP contribution in [0.2, 0.25) is 0 Å². The number of fused-ring (bicyclic) bond motifs is 1. The van der Waals surface area contributed by atoms with Gasteiger partial charge in [-0.2, -0.15) is 0 Å². The van der Waals surface area contributed by atoms with E-state index in [2.05, 4.69) is 29.7 Å². The van der Waals surface area contributed by atoms with Crippen LogP contribution in [0.3, 0.4) is 0 Å². The molecular formula is C17H18N2O. The lowest BCUT2D eigenvalue weighted by molar-refractivity contribution is 0.0951. The molecule has 102 valence electrons. The maximum Gasteiger partial charge on any atom is 0.251 e. The number of rotatable bonds is 3. The van der Waals surface area contributed by atoms with Crippen LogP contribution in [0.25, 0.3) is 0 Å². The summed E-state index contributed by atoms with van der Waals surface area (Å²) in [4.78, 5) is 12.2. The summed E-state index contributed by atoms with van der Waals surface area (Å²) in [6.07, 6.45) is 0.994. The maximum atomic E-state index is 12.2. The van der Waals surface area contributed by atoms with Crippen molar-refractivity contribution >= 4 is 11.6 Å². The summed E-state index contributed by atoms with van der Waals surface area (Å²) in [5, 5.41) is 6.27. The molecule has 0 unspecified atom stereocenters. The van der Waals surface area contributed by atoms with Crippen LogP contribution in [0.5, 0.6) is 0 Å². The van der Waals surface area contributed by atoms with Gasteiger partial charge in [-0.3, -0.25) is 4.79 Å². The van der Waals surface area contributed by atoms with Crippen LogP contribution in [-0.4, -0.2) is 12.5 Å². The Morgan fingerprint density at radius 3 is 3.00 bits per heavy atom. The van der Waals surface area contributed by atoms with E-state index < -0.39 is 0 Å². The molecule has 0 saturated heterocycles. The third-order valence-electron chi connectivity index (χ3n) is 3.61. The van der Waals surface area contributed by atoms with Crippen molar-refractivity contribution in [3.8, 4) is 0 Å². The second-order valence-electron chi connectivity index (χ2n) is 5.22. The van der Waals surface area contributed by atoms with Crippen molar-refractivity contribution in [2.24, 2.45) is 0 Å². The SMILES string of the molecule is Cc1cccc(CNC(=O)c2ccc3c(c2)CCN3)c1. The van der Waals surface area contributed by atoms with Crippen LogP contribution < -0.4 is 10.6 Å². The van der Waals surface area contributed by atoms with Gasteiger partial charge in [-0.05, 0) is 42.7 Å². The highest BCUT2D eigenvalue weighted by atomic mass is 16.1. The van der Waals surface area contributed by atoms with E-state index in [0.29, 0.717) is 6.54 Å². The fourth-order valence-electron chi connectivity index (χ4n) is 2.55. The minimum Gasteiger partial charge on any atom is -0.384 e. The number of hydrogen-bond donors (Lipinski definition) is 2. The van der Waals surface area contributed by atoms with Crippen molar-refractivity contribution in [1.29, 1.82) is 0 Å². The van der Waals surface area contributed by atoms with Crippen molar-refractivity contribution < 1.29 is 4.79 Å². The number of carbonyl (C=O) groups is 1. The number of anilines is 1. The summed E-state index contributed by atoms with van der Waals surface area (Å²) < 4.78 is 0. The largest absolute Gasteiger partial charge is 0.384 e. The van der Waals surface area contributed by atoms with Crippen molar-refractivity contribution in [1.82, 2.24) is 5.32 Å². The molecule has 2 N–H and O–H groups in total. The minimum atomic E-state index is -0.0128. The van der Waals surface area contributed by atoms with Gasteiger partial charge in [-0.15, -0.1) is 0 Å². The number of amides is 1. The predicted octanol–water partition coefficient (Wildman–Crippen LogP) is 2.89. The zero-order valence-corrected chi connectivity index (χ0v) is 11.6. The van der Waals surface area contributed by atoms with Crippen molar-refractivity contribution in [2.75, 3.05) is 11.9 Å². The number of hydrogen-bond acceptors (Lipinski definition) is 2. The number of benzene rings is 2. The van der Waals surface area contributed by atoms with E-state index in [9.17, 15) is 4.79 Å². The summed E-state index contributed by atoms with van der Waals surface area (Å²) in [7, 11) is 0. The Hall–Kier alpha value is -2.29. The Morgan fingerprint density at radius 1 is 1.25 bits per heavy atom. The van der Waals surface area contributed by atoms with Gasteiger partial charge in [0, 0.05) is 24.3 Å². The van der Waals surface area contributed by atoms with Gasteiger partial charge >= 0.3 is 0 Å². The average Bonchev–Trinajstić information content (AvgIpc) is 2.92. The van der Waals surface area contributed by atoms with Crippen molar-refractivity contribution in [2.45, 2.75) is 19.9 Å². The molecule has 20 heavy (non-hydrogen) atoms. The Balaban J connectivity index is 1.67. The van der Waals surface area contributed by atoms with Crippen LogP contribution in [0.1, 0.15) is 27.0 Å². The highest BCUT2D eigenvalue weighted by Crippen LogP contribution is 2.22. The monoisotopic (exact) mass is 266 g/mol. The summed E-state index contributed by atoms with van der Waals surface area (Å²) >= 11 is 0. The highest BCUT2D eigenvalue weighted by molar-refractivity contribution is 5.95. The van der Waals surface area contributed by atoms with Gasteiger partial charge in [0.2, 0.25) is 0 Å². The molecule has 0 radical (unpaired) electrons. The lowest BCUT2D eigenvalue weighted by Gasteiger charge is -2.07. The van der Waals surface area contributed by atoms with Crippen molar-refractivity contribution in [3.63, 3.8) is 0 Å². The molecule has 0 fully saturated rings. The van der Waals surface area contributed by atoms with Crippen LogP contribution in [-0.2, 0) is 13.0 Å². The first kappa shape index (κ1) is 12.7. The Kier molecular flexibility index (Phi) is 3.42. The molecule has 1 aliphatic rings. The molecule has 0 aromatic heterocycles. The third kappa shape index (κ3) is 2.67. The highest BCUT2D eigenvalue weighted by Gasteiger charge is 2.13. The fraction of sp³-hybridized carbons (Fsp3) is 0.235. The van der Waals surface area contributed by atoms with Gasteiger partial charge in [0.05, 0.1) is 0 Å². The molecule has 2 aromatic carbocycles. The molecule has 1 aliphatic heterocycles. The molecule has 1 amide bonds. The summed E-state index contributed by atoms with van der Waals surface area (Å²) in [6, 6.07) is 14.0. The molecule has 2 aromatic rings. The number of aryl methyl sites for hydroxylation is 1. The smallest absolute Gasteiger partial charge is 0.251 e. The lowest BCUT2D eigenvalue weighted by Crippen LogP contribution is -2.22. The molecule has 0 atom stereocenters. The first-order chi connectivity index (χ1) is 9.72. The molecule has 0 spiro atoms. The van der Waals surface area contributed by atoms with Crippen LogP contribution in [0, 0.1) is 6.92 Å². The third-order valence-corrected chi connectivity index (χ3v) is 3.61. The molecule has 3 heteroatoms. The van der Waals surface area contributed by atoms with Crippen LogP contribution in [0.15, 0.2) is 42.5 Å². The molecule has 3 nitrogen and oxygen atoms in total. The number of nitrogens with one attached hydrogen (secondary N) is 2. The zero-order chi connectivity index (χ0) is 13.9. The standard InChI is InChI=1S/C17H18N2O/c1-12-3-2-4-13(9-12)11-19-17(20)15-5-6-16-14(10-15)7-8-18-16/h2-6,9-10,18H,7-8,11H2,1H3,(H,19,20). The normalized spacial score (nSPS) is 12.7. The predicted molar refractivity (Wildman–Crippen MR) is 81.0 cm³/mol. The van der Waals surface area contributed by atoms with E-state index in [4.69, 9.17) is 0 Å². The topological polar surface area (TPSA) is 41.1 Å². The van der Waals surface area contributed by atoms with E-state index in [1.807, 2.05) is 30.3 Å². The quantitative estimate of drug-likeness (QED) is 0.897. The summed E-state index contributed by atoms with van der Waals surface area (Å²) in [5.41, 5.74) is 5.45. The van der Waals surface area contributed by atoms with Gasteiger partial charge in [-0.25, -0.2) is 0 Å². The van der Waals surface area contributed by atoms with Gasteiger partial charge in [-0.1, -0.05) is 29.8 Å². The summed E-state index contributed by atoms with van der Waals surface area (Å²) in [5.74, 6) is -0.0128. The molecule has 0 bridgehead atoms. The fourth-order valence-corrected chi connectivity index (χ4v) is 2.55. The maximum absolute atomic E-state index is 12.2. The average molecular weight is 266 g/mol. The van der Waals surface area contributed by atoms with E-state index >= 15 is 0 Å². The molecule has 3 rings (SSSR count). The zero-order valence-electron chi connectivity index (χ0n) is 11.6. The van der Waals surface area contributed by atoms with Gasteiger partial charge in [0.15, 0.2) is 0 Å².